The molecular formula is C26H33N5O6. The average molecular weight is 512 g/mol. The Morgan fingerprint density at radius 3 is 2.38 bits per heavy atom. The van der Waals surface area contributed by atoms with Crippen molar-refractivity contribution in [2.45, 2.75) is 55.6 Å². The first-order valence-electron chi connectivity index (χ1n) is 12.1. The summed E-state index contributed by atoms with van der Waals surface area (Å²) in [5, 5.41) is 37.0. The summed E-state index contributed by atoms with van der Waals surface area (Å²) in [5.41, 5.74) is 14.2. The van der Waals surface area contributed by atoms with Crippen LogP contribution in [0.3, 0.4) is 0 Å². The molecule has 2 aromatic carbocycles. The molecule has 1 saturated heterocycles. The van der Waals surface area contributed by atoms with Crippen molar-refractivity contribution in [2.24, 2.45) is 11.5 Å². The van der Waals surface area contributed by atoms with Crippen LogP contribution in [0.1, 0.15) is 11.3 Å². The third-order valence-corrected chi connectivity index (χ3v) is 6.59. The predicted molar refractivity (Wildman–Crippen MR) is 136 cm³/mol. The smallest absolute Gasteiger partial charge is 0.243 e. The van der Waals surface area contributed by atoms with Crippen molar-refractivity contribution in [3.05, 3.63) is 71.9 Å². The number of hydrogen-bond acceptors (Lipinski definition) is 8. The number of para-hydroxylation sites is 1. The summed E-state index contributed by atoms with van der Waals surface area (Å²) < 4.78 is 5.54. The molecule has 11 nitrogen and oxygen atoms in total. The number of ether oxygens (including phenoxy) is 1. The van der Waals surface area contributed by atoms with E-state index in [0.29, 0.717) is 0 Å². The minimum Gasteiger partial charge on any atom is -0.388 e. The van der Waals surface area contributed by atoms with E-state index in [0.717, 1.165) is 22.2 Å². The van der Waals surface area contributed by atoms with E-state index in [-0.39, 0.29) is 19.5 Å². The summed E-state index contributed by atoms with van der Waals surface area (Å²) in [6.45, 7) is 0.109. The maximum absolute atomic E-state index is 13.2. The first-order chi connectivity index (χ1) is 17.8. The maximum Gasteiger partial charge on any atom is 0.243 e. The van der Waals surface area contributed by atoms with Crippen molar-refractivity contribution in [1.82, 2.24) is 15.6 Å². The van der Waals surface area contributed by atoms with Crippen LogP contribution in [0.15, 0.2) is 60.7 Å². The maximum atomic E-state index is 13.2. The fourth-order valence-corrected chi connectivity index (χ4v) is 4.47. The number of fused-ring (bicyclic) bond motifs is 1. The molecule has 37 heavy (non-hydrogen) atoms. The van der Waals surface area contributed by atoms with Crippen LogP contribution < -0.4 is 22.1 Å². The second-order valence-electron chi connectivity index (χ2n) is 9.22. The van der Waals surface area contributed by atoms with E-state index in [2.05, 4.69) is 15.6 Å². The summed E-state index contributed by atoms with van der Waals surface area (Å²) in [4.78, 5) is 29.6. The van der Waals surface area contributed by atoms with Crippen molar-refractivity contribution in [1.29, 1.82) is 0 Å². The zero-order chi connectivity index (χ0) is 26.5. The molecule has 1 fully saturated rings. The standard InChI is InChI=1S/C26H33N5O6/c27-12-19-21(32)22(33)23(34)24(37-19)20(28)26(36)31-18(25(35)29-13-14-6-2-1-3-7-14)11-16-10-15-8-4-5-9-17(15)30-16/h1-10,18-24,30,32-34H,11-13,27-28H2,(H,29,35)(H,31,36)/t18-,19?,20?,21-,22-,23-,24-/m0/s1. The Bertz CT molecular complexity index is 1170. The van der Waals surface area contributed by atoms with E-state index >= 15 is 0 Å². The number of aliphatic hydroxyl groups is 3. The SMILES string of the molecule is NCC1O[C@@H](C(N)C(=O)N[C@@H](Cc2cc3ccccc3[nH]2)C(=O)NCc2ccccc2)[C@@H](O)[C@@H](O)[C@H]1O. The number of hydrogen-bond donors (Lipinski definition) is 8. The molecule has 10 N–H and O–H groups in total. The van der Waals surface area contributed by atoms with Crippen molar-refractivity contribution >= 4 is 22.7 Å². The Morgan fingerprint density at radius 2 is 1.68 bits per heavy atom. The number of amides is 2. The monoisotopic (exact) mass is 511 g/mol. The van der Waals surface area contributed by atoms with Gasteiger partial charge in [-0.25, -0.2) is 0 Å². The van der Waals surface area contributed by atoms with Gasteiger partial charge < -0.3 is 47.1 Å². The number of aromatic nitrogens is 1. The van der Waals surface area contributed by atoms with Crippen LogP contribution in [-0.2, 0) is 27.3 Å². The van der Waals surface area contributed by atoms with E-state index in [1.54, 1.807) is 0 Å². The topological polar surface area (TPSA) is 196 Å². The number of benzene rings is 2. The van der Waals surface area contributed by atoms with E-state index in [1.165, 1.54) is 0 Å². The Labute approximate surface area is 213 Å². The molecule has 0 bridgehead atoms. The summed E-state index contributed by atoms with van der Waals surface area (Å²) in [5.74, 6) is -1.19. The fraction of sp³-hybridized carbons (Fsp3) is 0.385. The molecule has 1 aromatic heterocycles. The number of rotatable bonds is 9. The lowest BCUT2D eigenvalue weighted by Crippen LogP contribution is -2.66. The highest BCUT2D eigenvalue weighted by Crippen LogP contribution is 2.23. The second kappa shape index (κ2) is 11.8. The first kappa shape index (κ1) is 26.7. The number of aliphatic hydroxyl groups excluding tert-OH is 3. The molecule has 2 amide bonds. The number of H-pyrrole nitrogens is 1. The Kier molecular flexibility index (Phi) is 8.54. The van der Waals surface area contributed by atoms with Crippen LogP contribution in [0.25, 0.3) is 10.9 Å². The molecule has 1 aliphatic heterocycles. The summed E-state index contributed by atoms with van der Waals surface area (Å²) in [6, 6.07) is 16.4. The van der Waals surface area contributed by atoms with Crippen LogP contribution in [0, 0.1) is 0 Å². The first-order valence-corrected chi connectivity index (χ1v) is 12.1. The number of aromatic amines is 1. The van der Waals surface area contributed by atoms with Crippen LogP contribution in [0.4, 0.5) is 0 Å². The minimum absolute atomic E-state index is 0.147. The van der Waals surface area contributed by atoms with Gasteiger partial charge in [0.2, 0.25) is 11.8 Å². The van der Waals surface area contributed by atoms with Gasteiger partial charge in [0.1, 0.15) is 36.5 Å². The molecule has 2 unspecified atom stereocenters. The lowest BCUT2D eigenvalue weighted by molar-refractivity contribution is -0.223. The predicted octanol–water partition coefficient (Wildman–Crippen LogP) is -1.35. The highest BCUT2D eigenvalue weighted by Gasteiger charge is 2.47. The normalized spacial score (nSPS) is 25.4. The van der Waals surface area contributed by atoms with E-state index in [1.807, 2.05) is 60.7 Å². The quantitative estimate of drug-likeness (QED) is 0.172. The second-order valence-corrected chi connectivity index (χ2v) is 9.22. The molecule has 198 valence electrons. The van der Waals surface area contributed by atoms with Gasteiger partial charge in [0.05, 0.1) is 6.10 Å². The molecule has 1 aliphatic rings. The molecule has 0 saturated carbocycles. The van der Waals surface area contributed by atoms with Crippen LogP contribution in [-0.4, -0.2) is 81.3 Å². The summed E-state index contributed by atoms with van der Waals surface area (Å²) in [7, 11) is 0. The van der Waals surface area contributed by atoms with Crippen LogP contribution >= 0.6 is 0 Å². The van der Waals surface area contributed by atoms with Gasteiger partial charge in [0, 0.05) is 30.7 Å². The highest BCUT2D eigenvalue weighted by molar-refractivity contribution is 5.90. The number of carbonyl (C=O) groups excluding carboxylic acids is 2. The summed E-state index contributed by atoms with van der Waals surface area (Å²) >= 11 is 0. The molecule has 4 rings (SSSR count). The fourth-order valence-electron chi connectivity index (χ4n) is 4.47. The van der Waals surface area contributed by atoms with Crippen molar-refractivity contribution < 1.29 is 29.6 Å². The Balaban J connectivity index is 1.50. The van der Waals surface area contributed by atoms with Crippen molar-refractivity contribution in [2.75, 3.05) is 6.54 Å². The molecule has 3 aromatic rings. The van der Waals surface area contributed by atoms with Gasteiger partial charge in [-0.1, -0.05) is 48.5 Å². The molecule has 2 heterocycles. The van der Waals surface area contributed by atoms with E-state index in [4.69, 9.17) is 16.2 Å². The highest BCUT2D eigenvalue weighted by atomic mass is 16.5. The third-order valence-electron chi connectivity index (χ3n) is 6.59. The van der Waals surface area contributed by atoms with Gasteiger partial charge in [0.15, 0.2) is 0 Å². The largest absolute Gasteiger partial charge is 0.388 e. The van der Waals surface area contributed by atoms with Gasteiger partial charge in [0.25, 0.3) is 0 Å². The number of carbonyl (C=O) groups is 2. The van der Waals surface area contributed by atoms with Gasteiger partial charge >= 0.3 is 0 Å². The van der Waals surface area contributed by atoms with Gasteiger partial charge in [-0.3, -0.25) is 9.59 Å². The lowest BCUT2D eigenvalue weighted by Gasteiger charge is -2.42. The van der Waals surface area contributed by atoms with Crippen LogP contribution in [0.2, 0.25) is 0 Å². The Hall–Kier alpha value is -3.32. The zero-order valence-corrected chi connectivity index (χ0v) is 20.2. The van der Waals surface area contributed by atoms with Gasteiger partial charge in [-0.15, -0.1) is 0 Å². The molecule has 0 spiro atoms. The molecule has 7 atom stereocenters. The number of nitrogens with two attached hydrogens (primary N) is 2. The Morgan fingerprint density at radius 1 is 0.973 bits per heavy atom. The minimum atomic E-state index is -1.63. The van der Waals surface area contributed by atoms with Gasteiger partial charge in [-0.2, -0.15) is 0 Å². The van der Waals surface area contributed by atoms with Crippen molar-refractivity contribution in [3.63, 3.8) is 0 Å². The van der Waals surface area contributed by atoms with Crippen LogP contribution in [0.5, 0.6) is 0 Å². The average Bonchev–Trinajstić information content (AvgIpc) is 3.33. The lowest BCUT2D eigenvalue weighted by atomic mass is 9.91. The molecule has 11 heteroatoms. The molecule has 0 radical (unpaired) electrons. The van der Waals surface area contributed by atoms with E-state index < -0.39 is 54.4 Å². The molecular weight excluding hydrogens is 478 g/mol. The van der Waals surface area contributed by atoms with E-state index in [9.17, 15) is 24.9 Å². The third kappa shape index (κ3) is 6.16. The van der Waals surface area contributed by atoms with Crippen molar-refractivity contribution in [3.8, 4) is 0 Å². The summed E-state index contributed by atoms with van der Waals surface area (Å²) in [6.07, 6.45) is -6.86. The zero-order valence-electron chi connectivity index (χ0n) is 20.2. The molecule has 0 aliphatic carbocycles. The number of nitrogens with one attached hydrogen (secondary N) is 3. The van der Waals surface area contributed by atoms with Gasteiger partial charge in [-0.05, 0) is 23.1 Å².